The number of likely N-dealkylation sites (N-methyl/N-ethyl adjacent to an activating group) is 1. The molecule has 2 aromatic heterocycles. The van der Waals surface area contributed by atoms with Gasteiger partial charge >= 0.3 is 0 Å². The summed E-state index contributed by atoms with van der Waals surface area (Å²) in [5.41, 5.74) is 1.11. The van der Waals surface area contributed by atoms with Gasteiger partial charge in [0.1, 0.15) is 12.4 Å². The average molecular weight is 483 g/mol. The van der Waals surface area contributed by atoms with E-state index in [4.69, 9.17) is 20.8 Å². The van der Waals surface area contributed by atoms with E-state index in [1.165, 1.54) is 11.8 Å². The van der Waals surface area contributed by atoms with Gasteiger partial charge < -0.3 is 14.1 Å². The molecule has 0 atom stereocenters. The van der Waals surface area contributed by atoms with Gasteiger partial charge in [-0.15, -0.1) is 10.2 Å². The summed E-state index contributed by atoms with van der Waals surface area (Å²) in [6, 6.07) is 20.9. The number of benzene rings is 2. The zero-order chi connectivity index (χ0) is 23.0. The number of hydrogen-bond donors (Lipinski definition) is 0. The van der Waals surface area contributed by atoms with Crippen LogP contribution < -0.4 is 4.74 Å². The third-order valence-electron chi connectivity index (χ3n) is 4.88. The van der Waals surface area contributed by atoms with Crippen LogP contribution in [0.5, 0.6) is 5.75 Å². The highest BCUT2D eigenvalue weighted by molar-refractivity contribution is 7.99. The summed E-state index contributed by atoms with van der Waals surface area (Å²) in [5.74, 6) is 2.15. The molecule has 0 fully saturated rings. The first-order valence-corrected chi connectivity index (χ1v) is 11.7. The third-order valence-corrected chi connectivity index (χ3v) is 6.07. The molecule has 7 nitrogen and oxygen atoms in total. The van der Waals surface area contributed by atoms with Crippen LogP contribution in [-0.4, -0.2) is 51.5 Å². The van der Waals surface area contributed by atoms with Gasteiger partial charge in [0.05, 0.1) is 25.1 Å². The Hall–Kier alpha value is -3.23. The second-order valence-electron chi connectivity index (χ2n) is 7.27. The van der Waals surface area contributed by atoms with Gasteiger partial charge in [-0.3, -0.25) is 9.36 Å². The van der Waals surface area contributed by atoms with Crippen molar-refractivity contribution in [2.24, 2.45) is 0 Å². The fourth-order valence-electron chi connectivity index (χ4n) is 3.11. The van der Waals surface area contributed by atoms with Crippen molar-refractivity contribution in [3.63, 3.8) is 0 Å². The van der Waals surface area contributed by atoms with E-state index in [1.54, 1.807) is 30.3 Å². The molecule has 2 aromatic carbocycles. The van der Waals surface area contributed by atoms with Gasteiger partial charge in [-0.05, 0) is 35.9 Å². The van der Waals surface area contributed by atoms with E-state index in [1.807, 2.05) is 59.2 Å². The minimum atomic E-state index is -0.0245. The predicted molar refractivity (Wildman–Crippen MR) is 129 cm³/mol. The van der Waals surface area contributed by atoms with Crippen molar-refractivity contribution >= 4 is 29.3 Å². The topological polar surface area (TPSA) is 73.4 Å². The second kappa shape index (κ2) is 11.1. The maximum absolute atomic E-state index is 12.7. The van der Waals surface area contributed by atoms with Crippen LogP contribution in [0, 0.1) is 0 Å². The first kappa shape index (κ1) is 22.9. The fourth-order valence-corrected chi connectivity index (χ4v) is 4.17. The van der Waals surface area contributed by atoms with Gasteiger partial charge in [-0.2, -0.15) is 0 Å². The van der Waals surface area contributed by atoms with Crippen molar-refractivity contribution in [1.29, 1.82) is 0 Å². The van der Waals surface area contributed by atoms with Crippen LogP contribution in [0.4, 0.5) is 0 Å². The number of thioether (sulfide) groups is 1. The zero-order valence-electron chi connectivity index (χ0n) is 18.1. The number of halogens is 1. The number of nitrogens with zero attached hydrogens (tertiary/aromatic N) is 4. The Balaban J connectivity index is 1.37. The maximum atomic E-state index is 12.7. The summed E-state index contributed by atoms with van der Waals surface area (Å²) < 4.78 is 13.2. The highest BCUT2D eigenvalue weighted by atomic mass is 35.5. The van der Waals surface area contributed by atoms with Crippen LogP contribution in [-0.2, 0) is 11.3 Å². The molecule has 0 saturated carbocycles. The van der Waals surface area contributed by atoms with E-state index in [9.17, 15) is 4.79 Å². The lowest BCUT2D eigenvalue weighted by atomic mass is 10.2. The Morgan fingerprint density at radius 1 is 1.12 bits per heavy atom. The predicted octanol–water partition coefficient (Wildman–Crippen LogP) is 4.87. The molecule has 33 heavy (non-hydrogen) atoms. The lowest BCUT2D eigenvalue weighted by Gasteiger charge is -2.17. The van der Waals surface area contributed by atoms with Gasteiger partial charge in [-0.25, -0.2) is 0 Å². The van der Waals surface area contributed by atoms with Crippen molar-refractivity contribution in [3.8, 4) is 17.3 Å². The second-order valence-corrected chi connectivity index (χ2v) is 8.64. The number of ether oxygens (including phenoxy) is 1. The van der Waals surface area contributed by atoms with Crippen LogP contribution in [0.1, 0.15) is 5.56 Å². The Bertz CT molecular complexity index is 1180. The minimum Gasteiger partial charge on any atom is -0.492 e. The van der Waals surface area contributed by atoms with Crippen molar-refractivity contribution in [3.05, 3.63) is 83.6 Å². The molecule has 0 aliphatic rings. The summed E-state index contributed by atoms with van der Waals surface area (Å²) in [6.45, 7) is 1.41. The third kappa shape index (κ3) is 6.18. The molecule has 4 rings (SSSR count). The molecule has 0 N–H and O–H groups in total. The lowest BCUT2D eigenvalue weighted by Crippen LogP contribution is -2.32. The number of aromatic nitrogens is 3. The smallest absolute Gasteiger partial charge is 0.232 e. The van der Waals surface area contributed by atoms with Crippen molar-refractivity contribution in [1.82, 2.24) is 19.7 Å². The first-order valence-electron chi connectivity index (χ1n) is 10.4. The molecule has 0 radical (unpaired) electrons. The Kier molecular flexibility index (Phi) is 7.70. The van der Waals surface area contributed by atoms with E-state index in [-0.39, 0.29) is 11.7 Å². The average Bonchev–Trinajstić information content (AvgIpc) is 3.48. The fraction of sp³-hybridized carbons (Fsp3) is 0.208. The van der Waals surface area contributed by atoms with Crippen LogP contribution in [0.25, 0.3) is 11.6 Å². The Labute approximate surface area is 201 Å². The summed E-state index contributed by atoms with van der Waals surface area (Å²) in [6.07, 6.45) is 1.60. The van der Waals surface area contributed by atoms with Crippen molar-refractivity contribution in [2.45, 2.75) is 11.7 Å². The number of rotatable bonds is 10. The number of hydrogen-bond acceptors (Lipinski definition) is 6. The van der Waals surface area contributed by atoms with E-state index < -0.39 is 0 Å². The molecule has 0 bridgehead atoms. The van der Waals surface area contributed by atoms with Crippen LogP contribution in [0.15, 0.2) is 82.6 Å². The lowest BCUT2D eigenvalue weighted by molar-refractivity contribution is -0.127. The van der Waals surface area contributed by atoms with E-state index >= 15 is 0 Å². The van der Waals surface area contributed by atoms with Crippen LogP contribution in [0.2, 0.25) is 5.02 Å². The highest BCUT2D eigenvalue weighted by Crippen LogP contribution is 2.25. The molecule has 0 aliphatic heterocycles. The zero-order valence-corrected chi connectivity index (χ0v) is 19.6. The number of furan rings is 1. The van der Waals surface area contributed by atoms with Crippen LogP contribution >= 0.6 is 23.4 Å². The molecule has 2 heterocycles. The molecular weight excluding hydrogens is 460 g/mol. The monoisotopic (exact) mass is 482 g/mol. The van der Waals surface area contributed by atoms with E-state index in [0.717, 1.165) is 5.56 Å². The van der Waals surface area contributed by atoms with Crippen molar-refractivity contribution in [2.75, 3.05) is 26.0 Å². The van der Waals surface area contributed by atoms with E-state index in [0.29, 0.717) is 47.2 Å². The first-order chi connectivity index (χ1) is 16.1. The molecule has 170 valence electrons. The minimum absolute atomic E-state index is 0.0245. The molecule has 4 aromatic rings. The Morgan fingerprint density at radius 3 is 2.73 bits per heavy atom. The molecule has 0 saturated heterocycles. The van der Waals surface area contributed by atoms with Gasteiger partial charge in [0, 0.05) is 12.1 Å². The van der Waals surface area contributed by atoms with Crippen LogP contribution in [0.3, 0.4) is 0 Å². The van der Waals surface area contributed by atoms with Gasteiger partial charge in [0.25, 0.3) is 0 Å². The summed E-state index contributed by atoms with van der Waals surface area (Å²) in [4.78, 5) is 14.3. The largest absolute Gasteiger partial charge is 0.492 e. The standard InChI is InChI=1S/C24H23ClN4O3S/c1-28(12-14-31-20-10-5-9-19(25)15-20)22(30)17-33-24-27-26-23(21-11-6-13-32-21)29(24)16-18-7-3-2-4-8-18/h2-11,13,15H,12,14,16-17H2,1H3. The number of amides is 1. The quantitative estimate of drug-likeness (QED) is 0.300. The SMILES string of the molecule is CN(CCOc1cccc(Cl)c1)C(=O)CSc1nnc(-c2ccco2)n1Cc1ccccc1. The number of carbonyl (C=O) groups is 1. The van der Waals surface area contributed by atoms with Gasteiger partial charge in [0.15, 0.2) is 10.9 Å². The maximum Gasteiger partial charge on any atom is 0.232 e. The van der Waals surface area contributed by atoms with Gasteiger partial charge in [-0.1, -0.05) is 59.8 Å². The molecule has 0 spiro atoms. The van der Waals surface area contributed by atoms with Gasteiger partial charge in [0.2, 0.25) is 11.7 Å². The summed E-state index contributed by atoms with van der Waals surface area (Å²) in [7, 11) is 1.76. The summed E-state index contributed by atoms with van der Waals surface area (Å²) >= 11 is 7.32. The van der Waals surface area contributed by atoms with Crippen molar-refractivity contribution < 1.29 is 13.9 Å². The molecule has 0 aliphatic carbocycles. The number of carbonyl (C=O) groups excluding carboxylic acids is 1. The highest BCUT2D eigenvalue weighted by Gasteiger charge is 2.19. The Morgan fingerprint density at radius 2 is 1.97 bits per heavy atom. The molecular formula is C24H23ClN4O3S. The normalized spacial score (nSPS) is 10.8. The van der Waals surface area contributed by atoms with E-state index in [2.05, 4.69) is 10.2 Å². The molecule has 1 amide bonds. The molecule has 0 unspecified atom stereocenters. The molecule has 9 heteroatoms. The summed E-state index contributed by atoms with van der Waals surface area (Å²) in [5, 5.41) is 9.90.